The molecule has 0 saturated carbocycles. The number of aromatic nitrogens is 2. The Kier molecular flexibility index (Phi) is 4.91. The number of nitrogens with zero attached hydrogens (tertiary/aromatic N) is 4. The number of benzene rings is 1. The summed E-state index contributed by atoms with van der Waals surface area (Å²) in [6, 6.07) is 5.67. The molecular weight excluding hydrogens is 348 g/mol. The van der Waals surface area contributed by atoms with Crippen LogP contribution >= 0.6 is 0 Å². The van der Waals surface area contributed by atoms with Crippen molar-refractivity contribution in [2.24, 2.45) is 4.99 Å². The van der Waals surface area contributed by atoms with E-state index < -0.39 is 0 Å². The highest BCUT2D eigenvalue weighted by molar-refractivity contribution is 6.09. The molecule has 0 spiro atoms. The van der Waals surface area contributed by atoms with Crippen molar-refractivity contribution >= 4 is 16.6 Å². The third-order valence-electron chi connectivity index (χ3n) is 5.86. The fourth-order valence-corrected chi connectivity index (χ4v) is 4.21. The minimum atomic E-state index is 0.0639. The minimum Gasteiger partial charge on any atom is -0.293 e. The molecule has 144 valence electrons. The maximum absolute atomic E-state index is 13.1. The molecule has 4 rings (SSSR count). The molecule has 1 unspecified atom stereocenters. The molecule has 0 N–H and O–H groups in total. The molecule has 1 atom stereocenters. The highest BCUT2D eigenvalue weighted by Crippen LogP contribution is 2.34. The molecule has 0 amide bonds. The molecular formula is C23H26N4O. The van der Waals surface area contributed by atoms with Crippen LogP contribution in [-0.2, 0) is 13.1 Å². The van der Waals surface area contributed by atoms with E-state index in [2.05, 4.69) is 35.6 Å². The van der Waals surface area contributed by atoms with Gasteiger partial charge in [0.05, 0.1) is 17.4 Å². The van der Waals surface area contributed by atoms with Crippen LogP contribution in [0.4, 0.5) is 0 Å². The van der Waals surface area contributed by atoms with E-state index in [4.69, 9.17) is 4.98 Å². The first kappa shape index (κ1) is 18.6. The van der Waals surface area contributed by atoms with Gasteiger partial charge in [-0.05, 0) is 62.9 Å². The molecule has 5 heteroatoms. The van der Waals surface area contributed by atoms with Gasteiger partial charge in [-0.3, -0.25) is 19.3 Å². The van der Waals surface area contributed by atoms with Crippen molar-refractivity contribution in [1.29, 1.82) is 0 Å². The van der Waals surface area contributed by atoms with E-state index in [0.29, 0.717) is 5.39 Å². The second-order valence-corrected chi connectivity index (χ2v) is 7.84. The van der Waals surface area contributed by atoms with Crippen LogP contribution in [0.1, 0.15) is 44.5 Å². The van der Waals surface area contributed by atoms with Crippen molar-refractivity contribution in [2.45, 2.75) is 51.7 Å². The fraction of sp³-hybridized carbons (Fsp3) is 0.435. The zero-order valence-corrected chi connectivity index (χ0v) is 16.8. The van der Waals surface area contributed by atoms with E-state index >= 15 is 0 Å². The van der Waals surface area contributed by atoms with Crippen molar-refractivity contribution in [3.8, 4) is 11.8 Å². The maximum atomic E-state index is 13.1. The summed E-state index contributed by atoms with van der Waals surface area (Å²) in [6.45, 7) is 6.90. The molecule has 1 aromatic heterocycles. The third kappa shape index (κ3) is 3.29. The predicted octanol–water partition coefficient (Wildman–Crippen LogP) is 3.15. The summed E-state index contributed by atoms with van der Waals surface area (Å²) < 4.78 is 1.88. The van der Waals surface area contributed by atoms with Gasteiger partial charge in [-0.1, -0.05) is 18.9 Å². The van der Waals surface area contributed by atoms with Gasteiger partial charge < -0.3 is 0 Å². The van der Waals surface area contributed by atoms with E-state index in [1.807, 2.05) is 34.9 Å². The van der Waals surface area contributed by atoms with Crippen LogP contribution in [0.15, 0.2) is 40.1 Å². The average molecular weight is 374 g/mol. The van der Waals surface area contributed by atoms with Gasteiger partial charge in [-0.15, -0.1) is 0 Å². The number of rotatable bonds is 2. The molecule has 0 radical (unpaired) electrons. The lowest BCUT2D eigenvalue weighted by Crippen LogP contribution is -2.51. The first-order valence-electron chi connectivity index (χ1n) is 9.98. The lowest BCUT2D eigenvalue weighted by Gasteiger charge is -2.40. The molecule has 2 aliphatic rings. The molecule has 1 saturated heterocycles. The van der Waals surface area contributed by atoms with Crippen molar-refractivity contribution in [2.75, 3.05) is 13.6 Å². The predicted molar refractivity (Wildman–Crippen MR) is 114 cm³/mol. The first-order chi connectivity index (χ1) is 13.5. The second kappa shape index (κ2) is 7.37. The average Bonchev–Trinajstić information content (AvgIpc) is 3.07. The topological polar surface area (TPSA) is 50.5 Å². The van der Waals surface area contributed by atoms with Gasteiger partial charge in [0.1, 0.15) is 11.5 Å². The van der Waals surface area contributed by atoms with E-state index in [9.17, 15) is 4.79 Å². The highest BCUT2D eigenvalue weighted by atomic mass is 16.1. The van der Waals surface area contributed by atoms with E-state index in [-0.39, 0.29) is 11.1 Å². The summed E-state index contributed by atoms with van der Waals surface area (Å²) in [5, 5.41) is 0.666. The standard InChI is InChI=1S/C23H26N4O/c1-4-5-7-18(24-3)10-8-17-9-11-19-20(14-17)25-21-15-26-13-6-12-23(26,2)16-27(21)22(19)28/h5,7,9,11,14H,4,6,12-13,15-16H2,1-3H3/b7-5-,24-18?. The molecule has 1 aromatic carbocycles. The monoisotopic (exact) mass is 374 g/mol. The molecule has 1 fully saturated rings. The first-order valence-corrected chi connectivity index (χ1v) is 9.98. The largest absolute Gasteiger partial charge is 0.293 e. The smallest absolute Gasteiger partial charge is 0.261 e. The van der Waals surface area contributed by atoms with Crippen LogP contribution in [0.25, 0.3) is 10.9 Å². The van der Waals surface area contributed by atoms with Crippen LogP contribution in [0, 0.1) is 11.8 Å². The summed E-state index contributed by atoms with van der Waals surface area (Å²) >= 11 is 0. The molecule has 5 nitrogen and oxygen atoms in total. The van der Waals surface area contributed by atoms with Crippen molar-refractivity contribution in [3.63, 3.8) is 0 Å². The van der Waals surface area contributed by atoms with Crippen LogP contribution in [0.3, 0.4) is 0 Å². The van der Waals surface area contributed by atoms with E-state index in [1.54, 1.807) is 7.05 Å². The van der Waals surface area contributed by atoms with Gasteiger partial charge in [0.15, 0.2) is 0 Å². The van der Waals surface area contributed by atoms with Gasteiger partial charge in [0, 0.05) is 24.7 Å². The van der Waals surface area contributed by atoms with Gasteiger partial charge >= 0.3 is 0 Å². The summed E-state index contributed by atoms with van der Waals surface area (Å²) in [5.74, 6) is 7.10. The summed E-state index contributed by atoms with van der Waals surface area (Å²) in [5.41, 5.74) is 2.46. The number of fused-ring (bicyclic) bond motifs is 3. The van der Waals surface area contributed by atoms with Gasteiger partial charge in [-0.2, -0.15) is 0 Å². The maximum Gasteiger partial charge on any atom is 0.261 e. The molecule has 3 heterocycles. The van der Waals surface area contributed by atoms with Crippen molar-refractivity contribution < 1.29 is 0 Å². The van der Waals surface area contributed by atoms with Crippen LogP contribution in [0.5, 0.6) is 0 Å². The minimum absolute atomic E-state index is 0.0639. The number of aliphatic imine (C=N–C) groups is 1. The van der Waals surface area contributed by atoms with Gasteiger partial charge in [0.25, 0.3) is 5.56 Å². The summed E-state index contributed by atoms with van der Waals surface area (Å²) in [7, 11) is 1.74. The normalized spacial score (nSPS) is 22.2. The molecule has 2 aliphatic heterocycles. The summed E-state index contributed by atoms with van der Waals surface area (Å²) in [4.78, 5) is 24.6. The Labute approximate surface area is 165 Å². The molecule has 0 aliphatic carbocycles. The molecule has 0 bridgehead atoms. The van der Waals surface area contributed by atoms with Crippen LogP contribution in [-0.4, -0.2) is 39.3 Å². The summed E-state index contributed by atoms with van der Waals surface area (Å²) in [6.07, 6.45) is 7.25. The number of allylic oxidation sites excluding steroid dienone is 2. The van der Waals surface area contributed by atoms with Gasteiger partial charge in [0.2, 0.25) is 0 Å². The Bertz CT molecular complexity index is 1100. The van der Waals surface area contributed by atoms with Crippen LogP contribution in [0.2, 0.25) is 0 Å². The van der Waals surface area contributed by atoms with Crippen LogP contribution < -0.4 is 5.56 Å². The quantitative estimate of drug-likeness (QED) is 0.599. The third-order valence-corrected chi connectivity index (χ3v) is 5.86. The zero-order chi connectivity index (χ0) is 19.7. The zero-order valence-electron chi connectivity index (χ0n) is 16.8. The number of hydrogen-bond donors (Lipinski definition) is 0. The molecule has 2 aromatic rings. The SMILES string of the molecule is CC/C=C\C(C#Cc1ccc2c(=O)n3c(nc2c1)CN1CCCC1(C)C3)=NC. The number of hydrogen-bond acceptors (Lipinski definition) is 4. The Morgan fingerprint density at radius 3 is 3.07 bits per heavy atom. The fourth-order valence-electron chi connectivity index (χ4n) is 4.21. The Hall–Kier alpha value is -2.71. The van der Waals surface area contributed by atoms with E-state index in [1.165, 1.54) is 6.42 Å². The highest BCUT2D eigenvalue weighted by Gasteiger charge is 2.41. The van der Waals surface area contributed by atoms with Crippen molar-refractivity contribution in [1.82, 2.24) is 14.5 Å². The Morgan fingerprint density at radius 1 is 1.43 bits per heavy atom. The van der Waals surface area contributed by atoms with Crippen molar-refractivity contribution in [3.05, 3.63) is 52.1 Å². The lowest BCUT2D eigenvalue weighted by molar-refractivity contribution is 0.0923. The van der Waals surface area contributed by atoms with E-state index in [0.717, 1.165) is 55.1 Å². The molecule has 28 heavy (non-hydrogen) atoms. The Morgan fingerprint density at radius 2 is 2.29 bits per heavy atom. The Balaban J connectivity index is 1.73. The second-order valence-electron chi connectivity index (χ2n) is 7.84. The lowest BCUT2D eigenvalue weighted by atomic mass is 9.96. The van der Waals surface area contributed by atoms with Gasteiger partial charge in [-0.25, -0.2) is 4.98 Å².